The molecule has 0 aliphatic heterocycles. The van der Waals surface area contributed by atoms with E-state index in [0.717, 1.165) is 15.6 Å². The van der Waals surface area contributed by atoms with Crippen LogP contribution in [0.2, 0.25) is 0 Å². The minimum absolute atomic E-state index is 0.228. The zero-order valence-corrected chi connectivity index (χ0v) is 9.32. The molecule has 2 rings (SSSR count). The van der Waals surface area contributed by atoms with E-state index in [9.17, 15) is 0 Å². The molecule has 78 valence electrons. The fourth-order valence-corrected chi connectivity index (χ4v) is 1.96. The van der Waals surface area contributed by atoms with Gasteiger partial charge >= 0.3 is 0 Å². The predicted octanol–water partition coefficient (Wildman–Crippen LogP) is 1.28. The Bertz CT molecular complexity index is 427. The normalized spacial score (nSPS) is 12.7. The molecule has 0 saturated heterocycles. The molecule has 1 unspecified atom stereocenters. The minimum atomic E-state index is 0.228. The molecule has 0 radical (unpaired) electrons. The standard InChI is InChI=1S/C9H11N5S/c1-6(10-2)8-13-14-9(15-8)7-3-4-11-12-5-7/h3-6,10H,1-2H3. The molecule has 1 atom stereocenters. The van der Waals surface area contributed by atoms with Crippen molar-refractivity contribution in [2.24, 2.45) is 0 Å². The highest BCUT2D eigenvalue weighted by Gasteiger charge is 2.11. The van der Waals surface area contributed by atoms with Gasteiger partial charge in [0.1, 0.15) is 10.0 Å². The third kappa shape index (κ3) is 2.16. The monoisotopic (exact) mass is 221 g/mol. The lowest BCUT2D eigenvalue weighted by atomic mass is 10.3. The number of aromatic nitrogens is 4. The Balaban J connectivity index is 2.28. The summed E-state index contributed by atoms with van der Waals surface area (Å²) in [5, 5.41) is 20.7. The molecule has 2 aromatic heterocycles. The van der Waals surface area contributed by atoms with Gasteiger partial charge in [0.05, 0.1) is 18.4 Å². The Morgan fingerprint density at radius 3 is 2.87 bits per heavy atom. The molecule has 2 heterocycles. The van der Waals surface area contributed by atoms with Crippen molar-refractivity contribution in [3.63, 3.8) is 0 Å². The van der Waals surface area contributed by atoms with E-state index in [1.807, 2.05) is 13.1 Å². The summed E-state index contributed by atoms with van der Waals surface area (Å²) in [5.41, 5.74) is 0.956. The van der Waals surface area contributed by atoms with Crippen LogP contribution in [0.3, 0.4) is 0 Å². The quantitative estimate of drug-likeness (QED) is 0.845. The molecule has 0 aliphatic carbocycles. The number of rotatable bonds is 3. The molecule has 0 fully saturated rings. The summed E-state index contributed by atoms with van der Waals surface area (Å²) in [6.07, 6.45) is 3.34. The maximum Gasteiger partial charge on any atom is 0.149 e. The van der Waals surface area contributed by atoms with Crippen molar-refractivity contribution in [3.05, 3.63) is 23.5 Å². The van der Waals surface area contributed by atoms with Gasteiger partial charge in [-0.25, -0.2) is 0 Å². The summed E-state index contributed by atoms with van der Waals surface area (Å²) in [7, 11) is 1.90. The maximum atomic E-state index is 4.12. The molecule has 0 amide bonds. The SMILES string of the molecule is CNC(C)c1nnc(-c2ccnnc2)s1. The average Bonchev–Trinajstić information content (AvgIpc) is 2.78. The van der Waals surface area contributed by atoms with Gasteiger partial charge in [-0.1, -0.05) is 11.3 Å². The van der Waals surface area contributed by atoms with E-state index in [4.69, 9.17) is 0 Å². The van der Waals surface area contributed by atoms with Crippen molar-refractivity contribution in [2.45, 2.75) is 13.0 Å². The third-order valence-electron chi connectivity index (χ3n) is 2.08. The van der Waals surface area contributed by atoms with Crippen LogP contribution in [0.4, 0.5) is 0 Å². The van der Waals surface area contributed by atoms with Crippen LogP contribution in [0.1, 0.15) is 18.0 Å². The van der Waals surface area contributed by atoms with E-state index in [1.165, 1.54) is 0 Å². The van der Waals surface area contributed by atoms with Gasteiger partial charge in [-0.3, -0.25) is 0 Å². The zero-order chi connectivity index (χ0) is 10.7. The molecule has 1 N–H and O–H groups in total. The van der Waals surface area contributed by atoms with Crippen LogP contribution in [0.5, 0.6) is 0 Å². The largest absolute Gasteiger partial charge is 0.311 e. The van der Waals surface area contributed by atoms with Crippen molar-refractivity contribution < 1.29 is 0 Å². The van der Waals surface area contributed by atoms with E-state index >= 15 is 0 Å². The molecule has 15 heavy (non-hydrogen) atoms. The topological polar surface area (TPSA) is 63.6 Å². The molecule has 5 nitrogen and oxygen atoms in total. The molecule has 0 aliphatic rings. The predicted molar refractivity (Wildman–Crippen MR) is 58.4 cm³/mol. The highest BCUT2D eigenvalue weighted by molar-refractivity contribution is 7.14. The summed E-state index contributed by atoms with van der Waals surface area (Å²) >= 11 is 1.57. The first kappa shape index (κ1) is 10.1. The first-order chi connectivity index (χ1) is 7.31. The van der Waals surface area contributed by atoms with Crippen LogP contribution in [-0.4, -0.2) is 27.4 Å². The Morgan fingerprint density at radius 2 is 2.20 bits per heavy atom. The molecule has 0 bridgehead atoms. The van der Waals surface area contributed by atoms with Crippen LogP contribution in [0, 0.1) is 0 Å². The fourth-order valence-electron chi connectivity index (χ4n) is 1.07. The summed E-state index contributed by atoms with van der Waals surface area (Å²) in [6, 6.07) is 2.10. The van der Waals surface area contributed by atoms with E-state index in [2.05, 4.69) is 32.6 Å². The number of hydrogen-bond acceptors (Lipinski definition) is 6. The lowest BCUT2D eigenvalue weighted by Gasteiger charge is -2.02. The highest BCUT2D eigenvalue weighted by atomic mass is 32.1. The van der Waals surface area contributed by atoms with Crippen molar-refractivity contribution in [3.8, 4) is 10.6 Å². The third-order valence-corrected chi connectivity index (χ3v) is 3.23. The summed E-state index contributed by atoms with van der Waals surface area (Å²) < 4.78 is 0. The number of nitrogens with one attached hydrogen (secondary N) is 1. The average molecular weight is 221 g/mol. The first-order valence-corrected chi connectivity index (χ1v) is 5.40. The van der Waals surface area contributed by atoms with Gasteiger partial charge in [-0.2, -0.15) is 10.2 Å². The fraction of sp³-hybridized carbons (Fsp3) is 0.333. The highest BCUT2D eigenvalue weighted by Crippen LogP contribution is 2.25. The summed E-state index contributed by atoms with van der Waals surface area (Å²) in [6.45, 7) is 2.05. The smallest absolute Gasteiger partial charge is 0.149 e. The van der Waals surface area contributed by atoms with Gasteiger partial charge in [0.2, 0.25) is 0 Å². The zero-order valence-electron chi connectivity index (χ0n) is 8.51. The Hall–Kier alpha value is -1.40. The van der Waals surface area contributed by atoms with E-state index in [0.29, 0.717) is 0 Å². The lowest BCUT2D eigenvalue weighted by Crippen LogP contribution is -2.11. The van der Waals surface area contributed by atoms with Gasteiger partial charge < -0.3 is 5.32 Å². The van der Waals surface area contributed by atoms with Crippen LogP contribution in [0.25, 0.3) is 10.6 Å². The second-order valence-electron chi connectivity index (χ2n) is 3.09. The summed E-state index contributed by atoms with van der Waals surface area (Å²) in [5.74, 6) is 0. The Morgan fingerprint density at radius 1 is 1.33 bits per heavy atom. The molecule has 6 heteroatoms. The van der Waals surface area contributed by atoms with Crippen LogP contribution in [0.15, 0.2) is 18.5 Å². The van der Waals surface area contributed by atoms with Crippen LogP contribution >= 0.6 is 11.3 Å². The van der Waals surface area contributed by atoms with Gasteiger partial charge in [-0.05, 0) is 20.0 Å². The van der Waals surface area contributed by atoms with E-state index < -0.39 is 0 Å². The molecule has 0 aromatic carbocycles. The van der Waals surface area contributed by atoms with Crippen molar-refractivity contribution >= 4 is 11.3 Å². The molecule has 0 spiro atoms. The molecular weight excluding hydrogens is 210 g/mol. The lowest BCUT2D eigenvalue weighted by molar-refractivity contribution is 0.640. The molecule has 2 aromatic rings. The second-order valence-corrected chi connectivity index (χ2v) is 4.10. The Labute approximate surface area is 91.6 Å². The van der Waals surface area contributed by atoms with Crippen molar-refractivity contribution in [2.75, 3.05) is 7.05 Å². The van der Waals surface area contributed by atoms with Crippen LogP contribution in [-0.2, 0) is 0 Å². The van der Waals surface area contributed by atoms with Crippen molar-refractivity contribution in [1.82, 2.24) is 25.7 Å². The number of hydrogen-bond donors (Lipinski definition) is 1. The maximum absolute atomic E-state index is 4.12. The Kier molecular flexibility index (Phi) is 2.98. The second kappa shape index (κ2) is 4.41. The van der Waals surface area contributed by atoms with E-state index in [-0.39, 0.29) is 6.04 Å². The van der Waals surface area contributed by atoms with E-state index in [1.54, 1.807) is 23.7 Å². The number of nitrogens with zero attached hydrogens (tertiary/aromatic N) is 4. The van der Waals surface area contributed by atoms with Gasteiger partial charge in [0.15, 0.2) is 0 Å². The van der Waals surface area contributed by atoms with Crippen LogP contribution < -0.4 is 5.32 Å². The van der Waals surface area contributed by atoms with Gasteiger partial charge in [-0.15, -0.1) is 10.2 Å². The molecular formula is C9H11N5S. The minimum Gasteiger partial charge on any atom is -0.311 e. The van der Waals surface area contributed by atoms with Crippen molar-refractivity contribution in [1.29, 1.82) is 0 Å². The molecule has 0 saturated carbocycles. The summed E-state index contributed by atoms with van der Waals surface area (Å²) in [4.78, 5) is 0. The first-order valence-electron chi connectivity index (χ1n) is 4.59. The van der Waals surface area contributed by atoms with Gasteiger partial charge in [0.25, 0.3) is 0 Å². The van der Waals surface area contributed by atoms with Gasteiger partial charge in [0, 0.05) is 5.56 Å².